The van der Waals surface area contributed by atoms with Crippen LogP contribution in [0.4, 0.5) is 5.69 Å². The Bertz CT molecular complexity index is 730. The van der Waals surface area contributed by atoms with Gasteiger partial charge in [-0.2, -0.15) is 0 Å². The number of methoxy groups -OCH3 is 1. The molecule has 1 heterocycles. The summed E-state index contributed by atoms with van der Waals surface area (Å²) in [6.07, 6.45) is 5.90. The monoisotopic (exact) mass is 356 g/mol. The molecule has 1 aromatic carbocycles. The summed E-state index contributed by atoms with van der Waals surface area (Å²) in [7, 11) is 1.55. The molecule has 0 aromatic heterocycles. The number of anilines is 1. The molecule has 1 N–H and O–H groups in total. The van der Waals surface area contributed by atoms with Gasteiger partial charge in [0.1, 0.15) is 5.75 Å². The van der Waals surface area contributed by atoms with Gasteiger partial charge in [0.2, 0.25) is 17.7 Å². The number of imide groups is 1. The second-order valence-corrected chi connectivity index (χ2v) is 6.84. The van der Waals surface area contributed by atoms with Crippen LogP contribution in [0.3, 0.4) is 0 Å². The Morgan fingerprint density at radius 2 is 1.85 bits per heavy atom. The van der Waals surface area contributed by atoms with E-state index in [2.05, 4.69) is 5.32 Å². The quantitative estimate of drug-likeness (QED) is 0.628. The molecule has 0 saturated carbocycles. The van der Waals surface area contributed by atoms with Gasteiger partial charge < -0.3 is 10.1 Å². The van der Waals surface area contributed by atoms with E-state index >= 15 is 0 Å². The minimum atomic E-state index is -0.210. The molecule has 0 unspecified atom stereocenters. The lowest BCUT2D eigenvalue weighted by atomic mass is 9.85. The van der Waals surface area contributed by atoms with Gasteiger partial charge >= 0.3 is 0 Å². The molecular weight excluding hydrogens is 332 g/mol. The maximum atomic E-state index is 12.4. The molecule has 0 radical (unpaired) electrons. The van der Waals surface area contributed by atoms with Crippen molar-refractivity contribution in [2.45, 2.75) is 32.6 Å². The minimum absolute atomic E-state index is 0.0925. The average Bonchev–Trinajstić information content (AvgIpc) is 2.87. The van der Waals surface area contributed by atoms with E-state index in [1.165, 1.54) is 4.90 Å². The molecule has 3 rings (SSSR count). The Morgan fingerprint density at radius 3 is 2.46 bits per heavy atom. The number of rotatable bonds is 6. The number of fused-ring (bicyclic) bond motifs is 1. The Hall–Kier alpha value is -2.63. The number of aryl methyl sites for hydroxylation is 1. The van der Waals surface area contributed by atoms with Crippen LogP contribution in [0.15, 0.2) is 30.4 Å². The second kappa shape index (κ2) is 7.72. The van der Waals surface area contributed by atoms with Gasteiger partial charge in [-0.3, -0.25) is 19.3 Å². The van der Waals surface area contributed by atoms with E-state index in [9.17, 15) is 14.4 Å². The normalized spacial score (nSPS) is 21.7. The van der Waals surface area contributed by atoms with Crippen LogP contribution in [0.2, 0.25) is 0 Å². The van der Waals surface area contributed by atoms with E-state index in [1.807, 2.05) is 37.3 Å². The summed E-state index contributed by atoms with van der Waals surface area (Å²) in [6.45, 7) is 2.23. The van der Waals surface area contributed by atoms with Crippen LogP contribution in [0, 0.1) is 18.8 Å². The Labute approximate surface area is 153 Å². The number of benzene rings is 1. The minimum Gasteiger partial charge on any atom is -0.495 e. The van der Waals surface area contributed by atoms with Crippen molar-refractivity contribution >= 4 is 23.4 Å². The molecule has 0 spiro atoms. The number of hydrogen-bond acceptors (Lipinski definition) is 4. The van der Waals surface area contributed by atoms with Crippen LogP contribution < -0.4 is 10.1 Å². The van der Waals surface area contributed by atoms with Crippen LogP contribution in [-0.2, 0) is 14.4 Å². The number of ether oxygens (including phenoxy) is 1. The zero-order chi connectivity index (χ0) is 18.7. The van der Waals surface area contributed by atoms with Crippen LogP contribution in [0.5, 0.6) is 5.75 Å². The van der Waals surface area contributed by atoms with Crippen LogP contribution in [0.1, 0.15) is 31.2 Å². The molecule has 138 valence electrons. The summed E-state index contributed by atoms with van der Waals surface area (Å²) < 4.78 is 5.25. The lowest BCUT2D eigenvalue weighted by Crippen LogP contribution is -2.32. The zero-order valence-electron chi connectivity index (χ0n) is 15.2. The number of nitrogens with zero attached hydrogens (tertiary/aromatic N) is 1. The summed E-state index contributed by atoms with van der Waals surface area (Å²) in [5.74, 6) is -0.163. The number of likely N-dealkylation sites (tertiary alicyclic amines) is 1. The molecule has 26 heavy (non-hydrogen) atoms. The first-order valence-electron chi connectivity index (χ1n) is 8.96. The van der Waals surface area contributed by atoms with Gasteiger partial charge in [-0.25, -0.2) is 0 Å². The fraction of sp³-hybridized carbons (Fsp3) is 0.450. The summed E-state index contributed by atoms with van der Waals surface area (Å²) >= 11 is 0. The van der Waals surface area contributed by atoms with Crippen molar-refractivity contribution in [1.29, 1.82) is 0 Å². The number of amides is 3. The van der Waals surface area contributed by atoms with Gasteiger partial charge in [0.25, 0.3) is 0 Å². The molecule has 2 aliphatic rings. The highest BCUT2D eigenvalue weighted by Crippen LogP contribution is 2.35. The fourth-order valence-corrected chi connectivity index (χ4v) is 3.62. The van der Waals surface area contributed by atoms with E-state index in [4.69, 9.17) is 4.74 Å². The van der Waals surface area contributed by atoms with Crippen LogP contribution in [-0.4, -0.2) is 36.3 Å². The third-order valence-electron chi connectivity index (χ3n) is 5.01. The van der Waals surface area contributed by atoms with E-state index in [1.54, 1.807) is 7.11 Å². The lowest BCUT2D eigenvalue weighted by Gasteiger charge is -2.15. The molecule has 6 nitrogen and oxygen atoms in total. The average molecular weight is 356 g/mol. The van der Waals surface area contributed by atoms with Crippen molar-refractivity contribution in [3.05, 3.63) is 35.9 Å². The van der Waals surface area contributed by atoms with Crippen molar-refractivity contribution in [3.8, 4) is 5.75 Å². The number of nitrogens with one attached hydrogen (secondary N) is 1. The van der Waals surface area contributed by atoms with E-state index in [-0.39, 0.29) is 36.0 Å². The molecule has 1 fully saturated rings. The molecule has 0 bridgehead atoms. The Kier molecular flexibility index (Phi) is 5.40. The van der Waals surface area contributed by atoms with Crippen molar-refractivity contribution in [3.63, 3.8) is 0 Å². The van der Waals surface area contributed by atoms with Gasteiger partial charge in [-0.15, -0.1) is 0 Å². The second-order valence-electron chi connectivity index (χ2n) is 6.84. The van der Waals surface area contributed by atoms with Gasteiger partial charge in [-0.1, -0.05) is 18.2 Å². The topological polar surface area (TPSA) is 75.7 Å². The van der Waals surface area contributed by atoms with E-state index in [0.29, 0.717) is 37.2 Å². The predicted molar refractivity (Wildman–Crippen MR) is 97.7 cm³/mol. The summed E-state index contributed by atoms with van der Waals surface area (Å²) in [5, 5.41) is 2.84. The molecule has 3 amide bonds. The summed E-state index contributed by atoms with van der Waals surface area (Å²) in [6, 6.07) is 5.57. The largest absolute Gasteiger partial charge is 0.495 e. The molecule has 1 aromatic rings. The number of allylic oxidation sites excluding steroid dienone is 2. The molecule has 1 aliphatic carbocycles. The Morgan fingerprint density at radius 1 is 1.19 bits per heavy atom. The highest BCUT2D eigenvalue weighted by atomic mass is 16.5. The van der Waals surface area contributed by atoms with E-state index in [0.717, 1.165) is 5.56 Å². The maximum Gasteiger partial charge on any atom is 0.233 e. The predicted octanol–water partition coefficient (Wildman–Crippen LogP) is 2.67. The fourth-order valence-electron chi connectivity index (χ4n) is 3.62. The number of carbonyl (C=O) groups is 3. The SMILES string of the molecule is COc1ccc(C)cc1NC(=O)CCCN1C(=O)[C@@H]2CC=CC[C@H]2C1=O. The summed E-state index contributed by atoms with van der Waals surface area (Å²) in [5.41, 5.74) is 1.65. The van der Waals surface area contributed by atoms with Crippen LogP contribution in [0.25, 0.3) is 0 Å². The van der Waals surface area contributed by atoms with Crippen molar-refractivity contribution < 1.29 is 19.1 Å². The highest BCUT2D eigenvalue weighted by molar-refractivity contribution is 6.05. The highest BCUT2D eigenvalue weighted by Gasteiger charge is 2.46. The first kappa shape index (κ1) is 18.2. The lowest BCUT2D eigenvalue weighted by molar-refractivity contribution is -0.140. The number of hydrogen-bond donors (Lipinski definition) is 1. The molecular formula is C20H24N2O4. The van der Waals surface area contributed by atoms with Gasteiger partial charge in [0.05, 0.1) is 24.6 Å². The first-order valence-corrected chi connectivity index (χ1v) is 8.96. The first-order chi connectivity index (χ1) is 12.5. The van der Waals surface area contributed by atoms with Crippen molar-refractivity contribution in [2.75, 3.05) is 19.0 Å². The Balaban J connectivity index is 1.52. The third kappa shape index (κ3) is 3.64. The van der Waals surface area contributed by atoms with Gasteiger partial charge in [0, 0.05) is 13.0 Å². The smallest absolute Gasteiger partial charge is 0.233 e. The molecule has 1 saturated heterocycles. The summed E-state index contributed by atoms with van der Waals surface area (Å²) in [4.78, 5) is 38.3. The number of carbonyl (C=O) groups excluding carboxylic acids is 3. The zero-order valence-corrected chi connectivity index (χ0v) is 15.2. The van der Waals surface area contributed by atoms with Crippen molar-refractivity contribution in [2.24, 2.45) is 11.8 Å². The standard InChI is InChI=1S/C20H24N2O4/c1-13-9-10-17(26-2)16(12-13)21-18(23)8-5-11-22-19(24)14-6-3-4-7-15(14)20(22)25/h3-4,9-10,12,14-15H,5-8,11H2,1-2H3,(H,21,23)/t14-,15-/m1/s1. The van der Waals surface area contributed by atoms with E-state index < -0.39 is 0 Å². The van der Waals surface area contributed by atoms with Gasteiger partial charge in [-0.05, 0) is 43.9 Å². The third-order valence-corrected chi connectivity index (χ3v) is 5.01. The van der Waals surface area contributed by atoms with Gasteiger partial charge in [0.15, 0.2) is 0 Å². The molecule has 6 heteroatoms. The molecule has 2 atom stereocenters. The van der Waals surface area contributed by atoms with Crippen molar-refractivity contribution in [1.82, 2.24) is 4.90 Å². The maximum absolute atomic E-state index is 12.4. The molecule has 1 aliphatic heterocycles. The van der Waals surface area contributed by atoms with Crippen LogP contribution >= 0.6 is 0 Å².